The van der Waals surface area contributed by atoms with E-state index in [-0.39, 0.29) is 23.8 Å². The van der Waals surface area contributed by atoms with Crippen LogP contribution in [0.1, 0.15) is 46.2 Å². The molecule has 5 atom stereocenters. The Hall–Kier alpha value is -3.68. The van der Waals surface area contributed by atoms with Crippen LogP contribution in [0.25, 0.3) is 10.8 Å². The summed E-state index contributed by atoms with van der Waals surface area (Å²) in [7, 11) is 1.48. The smallest absolute Gasteiger partial charge is 0.336 e. The van der Waals surface area contributed by atoms with Gasteiger partial charge < -0.3 is 15.1 Å². The normalized spacial score (nSPS) is 23.4. The van der Waals surface area contributed by atoms with Crippen LogP contribution in [0.4, 0.5) is 13.2 Å². The Labute approximate surface area is 225 Å². The number of rotatable bonds is 5. The number of piperidine rings is 1. The molecule has 208 valence electrons. The average Bonchev–Trinajstić information content (AvgIpc) is 3.18. The number of hydrogen-bond acceptors (Lipinski definition) is 5. The molecular weight excluding hydrogens is 511 g/mol. The van der Waals surface area contributed by atoms with Crippen LogP contribution < -0.4 is 5.32 Å². The van der Waals surface area contributed by atoms with Gasteiger partial charge in [0.05, 0.1) is 6.07 Å². The van der Waals surface area contributed by atoms with Crippen molar-refractivity contribution in [2.45, 2.75) is 58.9 Å². The third-order valence-corrected chi connectivity index (χ3v) is 8.24. The molecule has 4 rings (SSSR count). The SMILES string of the molecule is CN(C(=O)[C@@H]1[C@@H]2[C@H](CN1C(=O)[C@@H](NC(=O)C(F)(F)F)C(C)(C)C)C2(C)C)C(C#N)c1cncc2ccccc12. The van der Waals surface area contributed by atoms with Gasteiger partial charge in [0.25, 0.3) is 0 Å². The molecule has 2 heterocycles. The second kappa shape index (κ2) is 9.50. The lowest BCUT2D eigenvalue weighted by Crippen LogP contribution is -2.60. The fourth-order valence-corrected chi connectivity index (χ4v) is 5.88. The number of benzene rings is 1. The Bertz CT molecular complexity index is 1360. The number of aromatic nitrogens is 1. The molecule has 1 saturated carbocycles. The summed E-state index contributed by atoms with van der Waals surface area (Å²) in [5.41, 5.74) is -0.809. The fraction of sp³-hybridized carbons (Fsp3) is 0.536. The monoisotopic (exact) mass is 543 g/mol. The van der Waals surface area contributed by atoms with Crippen molar-refractivity contribution in [1.29, 1.82) is 5.26 Å². The van der Waals surface area contributed by atoms with Crippen molar-refractivity contribution < 1.29 is 27.6 Å². The molecule has 1 saturated heterocycles. The zero-order chi connectivity index (χ0) is 29.1. The van der Waals surface area contributed by atoms with Crippen LogP contribution in [0.2, 0.25) is 0 Å². The molecule has 1 N–H and O–H groups in total. The van der Waals surface area contributed by atoms with Crippen LogP contribution in [0, 0.1) is 34.0 Å². The average molecular weight is 544 g/mol. The number of pyridine rings is 1. The number of alkyl halides is 3. The number of carbonyl (C=O) groups is 3. The maximum absolute atomic E-state index is 14.0. The number of amides is 3. The molecule has 0 spiro atoms. The Morgan fingerprint density at radius 3 is 2.41 bits per heavy atom. The molecule has 0 bridgehead atoms. The van der Waals surface area contributed by atoms with E-state index in [1.165, 1.54) is 23.0 Å². The molecule has 2 aromatic rings. The molecular formula is C28H32F3N5O3. The molecule has 3 amide bonds. The minimum atomic E-state index is -5.17. The molecule has 1 aliphatic heterocycles. The first-order valence-corrected chi connectivity index (χ1v) is 12.7. The van der Waals surface area contributed by atoms with Gasteiger partial charge in [-0.15, -0.1) is 0 Å². The summed E-state index contributed by atoms with van der Waals surface area (Å²) in [6.07, 6.45) is -1.98. The molecule has 39 heavy (non-hydrogen) atoms. The third kappa shape index (κ3) is 4.92. The van der Waals surface area contributed by atoms with Crippen LogP contribution in [0.3, 0.4) is 0 Å². The van der Waals surface area contributed by atoms with E-state index in [2.05, 4.69) is 11.1 Å². The first-order chi connectivity index (χ1) is 18.0. The highest BCUT2D eigenvalue weighted by atomic mass is 19.4. The highest BCUT2D eigenvalue weighted by Gasteiger charge is 2.70. The van der Waals surface area contributed by atoms with Gasteiger partial charge in [-0.3, -0.25) is 19.4 Å². The molecule has 1 aromatic carbocycles. The number of fused-ring (bicyclic) bond motifs is 2. The number of halogens is 3. The standard InChI is InChI=1S/C28H32F3N5O3/c1-26(2,3)22(34-25(39)28(29,30)31)24(38)36-14-18-20(27(18,4)5)21(36)23(37)35(6)19(11-32)17-13-33-12-15-9-7-8-10-16(15)17/h7-10,12-13,18-22H,14H2,1-6H3,(H,34,39)/t18-,19?,20-,21-,22+/m0/s1. The summed E-state index contributed by atoms with van der Waals surface area (Å²) < 4.78 is 39.3. The zero-order valence-electron chi connectivity index (χ0n) is 22.7. The summed E-state index contributed by atoms with van der Waals surface area (Å²) in [5.74, 6) is -3.73. The van der Waals surface area contributed by atoms with E-state index in [1.807, 2.05) is 43.4 Å². The van der Waals surface area contributed by atoms with Gasteiger partial charge in [-0.25, -0.2) is 0 Å². The third-order valence-electron chi connectivity index (χ3n) is 8.24. The van der Waals surface area contributed by atoms with Crippen molar-refractivity contribution in [3.05, 3.63) is 42.2 Å². The van der Waals surface area contributed by atoms with Crippen molar-refractivity contribution in [2.24, 2.45) is 22.7 Å². The first kappa shape index (κ1) is 28.3. The number of hydrogen-bond donors (Lipinski definition) is 1. The molecule has 11 heteroatoms. The van der Waals surface area contributed by atoms with Crippen LogP contribution >= 0.6 is 0 Å². The maximum atomic E-state index is 14.0. The van der Waals surface area contributed by atoms with Gasteiger partial charge >= 0.3 is 12.1 Å². The predicted octanol–water partition coefficient (Wildman–Crippen LogP) is 3.83. The van der Waals surface area contributed by atoms with E-state index >= 15 is 0 Å². The predicted molar refractivity (Wildman–Crippen MR) is 137 cm³/mol. The molecule has 1 unspecified atom stereocenters. The molecule has 1 aliphatic carbocycles. The second-order valence-corrected chi connectivity index (χ2v) is 12.1. The van der Waals surface area contributed by atoms with Gasteiger partial charge in [0, 0.05) is 36.9 Å². The minimum absolute atomic E-state index is 0.0394. The topological polar surface area (TPSA) is 106 Å². The van der Waals surface area contributed by atoms with Gasteiger partial charge in [0.2, 0.25) is 11.8 Å². The summed E-state index contributed by atoms with van der Waals surface area (Å²) in [6.45, 7) is 8.78. The molecule has 1 aromatic heterocycles. The van der Waals surface area contributed by atoms with E-state index in [4.69, 9.17) is 0 Å². The van der Waals surface area contributed by atoms with Crippen molar-refractivity contribution in [3.8, 4) is 6.07 Å². The lowest BCUT2D eigenvalue weighted by atomic mass is 9.85. The fourth-order valence-electron chi connectivity index (χ4n) is 5.88. The van der Waals surface area contributed by atoms with Crippen molar-refractivity contribution in [3.63, 3.8) is 0 Å². The quantitative estimate of drug-likeness (QED) is 0.617. The zero-order valence-corrected chi connectivity index (χ0v) is 22.7. The van der Waals surface area contributed by atoms with Crippen molar-refractivity contribution in [2.75, 3.05) is 13.6 Å². The summed E-state index contributed by atoms with van der Waals surface area (Å²) >= 11 is 0. The Morgan fingerprint density at radius 1 is 1.18 bits per heavy atom. The number of likely N-dealkylation sites (N-methyl/N-ethyl adjacent to an activating group) is 1. The van der Waals surface area contributed by atoms with Crippen LogP contribution in [-0.2, 0) is 14.4 Å². The van der Waals surface area contributed by atoms with Gasteiger partial charge in [-0.1, -0.05) is 58.9 Å². The van der Waals surface area contributed by atoms with E-state index in [1.54, 1.807) is 27.0 Å². The number of likely N-dealkylation sites (tertiary alicyclic amines) is 1. The first-order valence-electron chi connectivity index (χ1n) is 12.7. The van der Waals surface area contributed by atoms with Crippen molar-refractivity contribution >= 4 is 28.5 Å². The lowest BCUT2D eigenvalue weighted by molar-refractivity contribution is -0.176. The molecule has 8 nitrogen and oxygen atoms in total. The second-order valence-electron chi connectivity index (χ2n) is 12.1. The Kier molecular flexibility index (Phi) is 6.90. The van der Waals surface area contributed by atoms with Gasteiger partial charge in [0.15, 0.2) is 0 Å². The van der Waals surface area contributed by atoms with Crippen LogP contribution in [-0.4, -0.2) is 64.4 Å². The highest BCUT2D eigenvalue weighted by molar-refractivity contribution is 5.95. The number of carbonyl (C=O) groups excluding carboxylic acids is 3. The highest BCUT2D eigenvalue weighted by Crippen LogP contribution is 2.65. The molecule has 0 radical (unpaired) electrons. The molecule has 2 fully saturated rings. The number of nitrogens with zero attached hydrogens (tertiary/aromatic N) is 4. The summed E-state index contributed by atoms with van der Waals surface area (Å²) in [6, 6.07) is 5.99. The Morgan fingerprint density at radius 2 is 1.82 bits per heavy atom. The lowest BCUT2D eigenvalue weighted by Gasteiger charge is -2.39. The van der Waals surface area contributed by atoms with E-state index in [9.17, 15) is 32.8 Å². The number of nitrogens with one attached hydrogen (secondary N) is 1. The van der Waals surface area contributed by atoms with E-state index in [0.29, 0.717) is 5.56 Å². The molecule has 2 aliphatic rings. The van der Waals surface area contributed by atoms with Gasteiger partial charge in [-0.2, -0.15) is 18.4 Å². The van der Waals surface area contributed by atoms with E-state index in [0.717, 1.165) is 10.8 Å². The van der Waals surface area contributed by atoms with Gasteiger partial charge in [0.1, 0.15) is 18.1 Å². The Balaban J connectivity index is 1.68. The van der Waals surface area contributed by atoms with Gasteiger partial charge in [-0.05, 0) is 28.1 Å². The van der Waals surface area contributed by atoms with Crippen LogP contribution in [0.5, 0.6) is 0 Å². The van der Waals surface area contributed by atoms with E-state index < -0.39 is 47.4 Å². The number of nitriles is 1. The largest absolute Gasteiger partial charge is 0.471 e. The van der Waals surface area contributed by atoms with Crippen LogP contribution in [0.15, 0.2) is 36.7 Å². The minimum Gasteiger partial charge on any atom is -0.336 e. The summed E-state index contributed by atoms with van der Waals surface area (Å²) in [5, 5.41) is 13.5. The van der Waals surface area contributed by atoms with Crippen molar-refractivity contribution in [1.82, 2.24) is 20.1 Å². The summed E-state index contributed by atoms with van der Waals surface area (Å²) in [4.78, 5) is 46.4. The maximum Gasteiger partial charge on any atom is 0.471 e.